The van der Waals surface area contributed by atoms with E-state index in [2.05, 4.69) is 17.1 Å². The Hall–Kier alpha value is -2.60. The third-order valence-corrected chi connectivity index (χ3v) is 6.03. The number of fused-ring (bicyclic) bond motifs is 1. The molecule has 168 valence electrons. The quantitative estimate of drug-likeness (QED) is 0.673. The average molecular weight is 429 g/mol. The highest BCUT2D eigenvalue weighted by Crippen LogP contribution is 2.40. The van der Waals surface area contributed by atoms with Gasteiger partial charge in [-0.3, -0.25) is 9.69 Å². The SMILES string of the molecule is CC[C@H](NC(=O)C(C)C)[C@H]1c2cc(OC)c(OC)cc2CCN1Cc1ccccc1F. The fourth-order valence-electron chi connectivity index (χ4n) is 4.28. The first kappa shape index (κ1) is 23.1. The molecule has 1 aliphatic rings. The molecule has 0 unspecified atom stereocenters. The van der Waals surface area contributed by atoms with E-state index < -0.39 is 0 Å². The smallest absolute Gasteiger partial charge is 0.222 e. The summed E-state index contributed by atoms with van der Waals surface area (Å²) in [6.45, 7) is 7.08. The van der Waals surface area contributed by atoms with Crippen molar-refractivity contribution in [3.63, 3.8) is 0 Å². The molecule has 0 aliphatic carbocycles. The highest BCUT2D eigenvalue weighted by molar-refractivity contribution is 5.78. The van der Waals surface area contributed by atoms with Gasteiger partial charge in [0.25, 0.3) is 0 Å². The van der Waals surface area contributed by atoms with Crippen molar-refractivity contribution in [1.29, 1.82) is 0 Å². The molecular formula is C25H33FN2O3. The molecule has 0 aromatic heterocycles. The molecule has 31 heavy (non-hydrogen) atoms. The van der Waals surface area contributed by atoms with Crippen LogP contribution in [0.1, 0.15) is 49.9 Å². The van der Waals surface area contributed by atoms with Gasteiger partial charge < -0.3 is 14.8 Å². The van der Waals surface area contributed by atoms with E-state index in [9.17, 15) is 9.18 Å². The first-order valence-electron chi connectivity index (χ1n) is 10.9. The summed E-state index contributed by atoms with van der Waals surface area (Å²) in [6.07, 6.45) is 1.57. The normalized spacial score (nSPS) is 17.2. The monoisotopic (exact) mass is 428 g/mol. The number of nitrogens with one attached hydrogen (secondary N) is 1. The molecular weight excluding hydrogens is 395 g/mol. The van der Waals surface area contributed by atoms with E-state index in [4.69, 9.17) is 9.47 Å². The maximum atomic E-state index is 14.5. The number of hydrogen-bond donors (Lipinski definition) is 1. The molecule has 1 aliphatic heterocycles. The van der Waals surface area contributed by atoms with Gasteiger partial charge in [-0.2, -0.15) is 0 Å². The van der Waals surface area contributed by atoms with Gasteiger partial charge in [-0.05, 0) is 42.2 Å². The summed E-state index contributed by atoms with van der Waals surface area (Å²) in [5, 5.41) is 3.23. The van der Waals surface area contributed by atoms with Crippen molar-refractivity contribution in [2.45, 2.75) is 52.2 Å². The first-order chi connectivity index (χ1) is 14.9. The molecule has 0 spiro atoms. The lowest BCUT2D eigenvalue weighted by molar-refractivity contribution is -0.125. The molecule has 0 fully saturated rings. The lowest BCUT2D eigenvalue weighted by atomic mass is 9.86. The predicted molar refractivity (Wildman–Crippen MR) is 120 cm³/mol. The lowest BCUT2D eigenvalue weighted by Crippen LogP contribution is -2.49. The van der Waals surface area contributed by atoms with Crippen LogP contribution in [0.4, 0.5) is 4.39 Å². The number of rotatable bonds is 8. The number of carbonyl (C=O) groups is 1. The van der Waals surface area contributed by atoms with Gasteiger partial charge in [0.2, 0.25) is 5.91 Å². The lowest BCUT2D eigenvalue weighted by Gasteiger charge is -2.42. The van der Waals surface area contributed by atoms with E-state index in [-0.39, 0.29) is 29.7 Å². The fourth-order valence-corrected chi connectivity index (χ4v) is 4.28. The van der Waals surface area contributed by atoms with Gasteiger partial charge in [-0.25, -0.2) is 4.39 Å². The topological polar surface area (TPSA) is 50.8 Å². The summed E-state index contributed by atoms with van der Waals surface area (Å²) in [5.41, 5.74) is 2.92. The molecule has 0 saturated carbocycles. The van der Waals surface area contributed by atoms with Crippen LogP contribution in [0.15, 0.2) is 36.4 Å². The van der Waals surface area contributed by atoms with Crippen LogP contribution in [0.3, 0.4) is 0 Å². The summed E-state index contributed by atoms with van der Waals surface area (Å²) in [5.74, 6) is 1.05. The number of carbonyl (C=O) groups excluding carboxylic acids is 1. The van der Waals surface area contributed by atoms with E-state index >= 15 is 0 Å². The maximum absolute atomic E-state index is 14.5. The molecule has 1 amide bonds. The highest BCUT2D eigenvalue weighted by atomic mass is 19.1. The Kier molecular flexibility index (Phi) is 7.55. The van der Waals surface area contributed by atoms with Gasteiger partial charge in [0.05, 0.1) is 20.3 Å². The van der Waals surface area contributed by atoms with Crippen LogP contribution in [0.5, 0.6) is 11.5 Å². The van der Waals surface area contributed by atoms with Gasteiger partial charge in [0, 0.05) is 30.6 Å². The molecule has 5 nitrogen and oxygen atoms in total. The minimum absolute atomic E-state index is 0.0188. The minimum Gasteiger partial charge on any atom is -0.493 e. The Morgan fingerprint density at radius 1 is 1.19 bits per heavy atom. The maximum Gasteiger partial charge on any atom is 0.222 e. The summed E-state index contributed by atoms with van der Waals surface area (Å²) < 4.78 is 25.5. The van der Waals surface area contributed by atoms with Gasteiger partial charge in [0.15, 0.2) is 11.5 Å². The van der Waals surface area contributed by atoms with E-state index in [1.807, 2.05) is 38.1 Å². The van der Waals surface area contributed by atoms with Crippen LogP contribution >= 0.6 is 0 Å². The first-order valence-corrected chi connectivity index (χ1v) is 10.9. The number of amides is 1. The summed E-state index contributed by atoms with van der Waals surface area (Å²) >= 11 is 0. The standard InChI is InChI=1S/C25H33FN2O3/c1-6-21(27-25(29)16(2)3)24-19-14-23(31-5)22(30-4)13-17(19)11-12-28(24)15-18-9-7-8-10-20(18)26/h7-10,13-14,16,21,24H,6,11-12,15H2,1-5H3,(H,27,29)/t21-,24+/m0/s1. The van der Waals surface area contributed by atoms with E-state index in [1.165, 1.54) is 11.6 Å². The molecule has 6 heteroatoms. The Balaban J connectivity index is 2.05. The zero-order valence-electron chi connectivity index (χ0n) is 19.1. The largest absolute Gasteiger partial charge is 0.493 e. The van der Waals surface area contributed by atoms with Crippen LogP contribution in [0.25, 0.3) is 0 Å². The van der Waals surface area contributed by atoms with Crippen molar-refractivity contribution in [2.75, 3.05) is 20.8 Å². The Morgan fingerprint density at radius 2 is 1.87 bits per heavy atom. The third-order valence-electron chi connectivity index (χ3n) is 6.03. The molecule has 1 N–H and O–H groups in total. The highest BCUT2D eigenvalue weighted by Gasteiger charge is 2.35. The third kappa shape index (κ3) is 5.01. The molecule has 2 aromatic rings. The number of benzene rings is 2. The van der Waals surface area contributed by atoms with Crippen molar-refractivity contribution >= 4 is 5.91 Å². The molecule has 1 heterocycles. The second-order valence-electron chi connectivity index (χ2n) is 8.34. The van der Waals surface area contributed by atoms with Crippen LogP contribution in [-0.2, 0) is 17.8 Å². The zero-order chi connectivity index (χ0) is 22.5. The number of halogens is 1. The number of hydrogen-bond acceptors (Lipinski definition) is 4. The molecule has 0 bridgehead atoms. The zero-order valence-corrected chi connectivity index (χ0v) is 19.1. The van der Waals surface area contributed by atoms with Gasteiger partial charge in [-0.15, -0.1) is 0 Å². The molecule has 2 atom stereocenters. The minimum atomic E-state index is -0.210. The van der Waals surface area contributed by atoms with Crippen molar-refractivity contribution in [2.24, 2.45) is 5.92 Å². The van der Waals surface area contributed by atoms with E-state index in [0.717, 1.165) is 24.9 Å². The molecule has 0 radical (unpaired) electrons. The molecule has 0 saturated heterocycles. The fraction of sp³-hybridized carbons (Fsp3) is 0.480. The predicted octanol–water partition coefficient (Wildman–Crippen LogP) is 4.49. The summed E-state index contributed by atoms with van der Waals surface area (Å²) in [4.78, 5) is 14.8. The van der Waals surface area contributed by atoms with Crippen molar-refractivity contribution in [1.82, 2.24) is 10.2 Å². The second-order valence-corrected chi connectivity index (χ2v) is 8.34. The van der Waals surface area contributed by atoms with Crippen molar-refractivity contribution < 1.29 is 18.7 Å². The van der Waals surface area contributed by atoms with Crippen LogP contribution < -0.4 is 14.8 Å². The van der Waals surface area contributed by atoms with Crippen LogP contribution in [0.2, 0.25) is 0 Å². The molecule has 2 aromatic carbocycles. The Morgan fingerprint density at radius 3 is 2.48 bits per heavy atom. The summed E-state index contributed by atoms with van der Waals surface area (Å²) in [7, 11) is 3.25. The van der Waals surface area contributed by atoms with Crippen LogP contribution in [0, 0.1) is 11.7 Å². The van der Waals surface area contributed by atoms with Crippen LogP contribution in [-0.4, -0.2) is 37.6 Å². The Bertz CT molecular complexity index is 916. The number of ether oxygens (including phenoxy) is 2. The number of nitrogens with zero attached hydrogens (tertiary/aromatic N) is 1. The van der Waals surface area contributed by atoms with E-state index in [0.29, 0.717) is 23.6 Å². The average Bonchev–Trinajstić information content (AvgIpc) is 2.77. The van der Waals surface area contributed by atoms with Crippen molar-refractivity contribution in [3.05, 3.63) is 58.9 Å². The Labute approximate surface area is 184 Å². The van der Waals surface area contributed by atoms with Gasteiger partial charge in [0.1, 0.15) is 5.82 Å². The number of methoxy groups -OCH3 is 2. The molecule has 3 rings (SSSR count). The van der Waals surface area contributed by atoms with E-state index in [1.54, 1.807) is 20.3 Å². The second kappa shape index (κ2) is 10.1. The summed E-state index contributed by atoms with van der Waals surface area (Å²) in [6, 6.07) is 10.7. The van der Waals surface area contributed by atoms with Gasteiger partial charge in [-0.1, -0.05) is 39.0 Å². The van der Waals surface area contributed by atoms with Gasteiger partial charge >= 0.3 is 0 Å². The van der Waals surface area contributed by atoms with Crippen molar-refractivity contribution in [3.8, 4) is 11.5 Å².